The maximum absolute atomic E-state index is 12.5. The zero-order valence-corrected chi connectivity index (χ0v) is 17.2. The largest absolute Gasteiger partial charge is 0.484 e. The molecule has 0 aliphatic carbocycles. The fraction of sp³-hybridized carbons (Fsp3) is 0.450. The minimum Gasteiger partial charge on any atom is -0.484 e. The molecule has 1 aromatic carbocycles. The van der Waals surface area contributed by atoms with Crippen LogP contribution in [0.3, 0.4) is 0 Å². The predicted octanol–water partition coefficient (Wildman–Crippen LogP) is 3.11. The topological polar surface area (TPSA) is 82.3 Å². The third-order valence-corrected chi connectivity index (χ3v) is 4.74. The zero-order valence-electron chi connectivity index (χ0n) is 16.5. The highest BCUT2D eigenvalue weighted by Gasteiger charge is 2.16. The number of hydrogen-bond donors (Lipinski definition) is 1. The van der Waals surface area contributed by atoms with E-state index in [4.69, 9.17) is 16.3 Å². The van der Waals surface area contributed by atoms with Gasteiger partial charge in [-0.05, 0) is 37.6 Å². The summed E-state index contributed by atoms with van der Waals surface area (Å²) in [5.74, 6) is 0.0106. The van der Waals surface area contributed by atoms with Crippen molar-refractivity contribution >= 4 is 23.2 Å². The van der Waals surface area contributed by atoms with E-state index in [-0.39, 0.29) is 18.0 Å². The highest BCUT2D eigenvalue weighted by molar-refractivity contribution is 6.30. The standard InChI is InChI=1S/C20H26ClN3O4/c1-4-5-6-7-12-24-14(2)18(19(26)23(3)20(24)27)22-17(25)13-28-16-10-8-15(21)9-11-16/h8-11H,4-7,12-13H2,1-3H3,(H,22,25). The Balaban J connectivity index is 2.13. The second kappa shape index (κ2) is 10.1. The molecule has 1 heterocycles. The number of unbranched alkanes of at least 4 members (excludes halogenated alkanes) is 3. The molecule has 2 rings (SSSR count). The highest BCUT2D eigenvalue weighted by Crippen LogP contribution is 2.15. The number of ether oxygens (including phenoxy) is 1. The van der Waals surface area contributed by atoms with Crippen molar-refractivity contribution < 1.29 is 9.53 Å². The van der Waals surface area contributed by atoms with Crippen molar-refractivity contribution in [3.63, 3.8) is 0 Å². The van der Waals surface area contributed by atoms with Crippen molar-refractivity contribution in [3.8, 4) is 5.75 Å². The minimum atomic E-state index is -0.535. The molecule has 0 aliphatic heterocycles. The van der Waals surface area contributed by atoms with E-state index in [1.54, 1.807) is 31.2 Å². The van der Waals surface area contributed by atoms with E-state index < -0.39 is 11.5 Å². The normalized spacial score (nSPS) is 10.7. The molecule has 1 N–H and O–H groups in total. The van der Waals surface area contributed by atoms with Gasteiger partial charge in [-0.2, -0.15) is 0 Å². The highest BCUT2D eigenvalue weighted by atomic mass is 35.5. The minimum absolute atomic E-state index is 0.0993. The second-order valence-electron chi connectivity index (χ2n) is 6.61. The van der Waals surface area contributed by atoms with Gasteiger partial charge in [-0.25, -0.2) is 4.79 Å². The summed E-state index contributed by atoms with van der Waals surface area (Å²) < 4.78 is 7.95. The van der Waals surface area contributed by atoms with Crippen molar-refractivity contribution in [2.45, 2.75) is 46.1 Å². The fourth-order valence-electron chi connectivity index (χ4n) is 2.83. The van der Waals surface area contributed by atoms with Crippen LogP contribution in [0.4, 0.5) is 5.69 Å². The summed E-state index contributed by atoms with van der Waals surface area (Å²) in [4.78, 5) is 37.2. The molecule has 1 aromatic heterocycles. The van der Waals surface area contributed by atoms with Crippen LogP contribution in [0.2, 0.25) is 5.02 Å². The van der Waals surface area contributed by atoms with Gasteiger partial charge in [0.2, 0.25) is 0 Å². The number of carbonyl (C=O) groups excluding carboxylic acids is 1. The summed E-state index contributed by atoms with van der Waals surface area (Å²) in [5.41, 5.74) is -0.367. The lowest BCUT2D eigenvalue weighted by atomic mass is 10.2. The SMILES string of the molecule is CCCCCCn1c(C)c(NC(=O)COc2ccc(Cl)cc2)c(=O)n(C)c1=O. The smallest absolute Gasteiger partial charge is 0.331 e. The van der Waals surface area contributed by atoms with Gasteiger partial charge in [0.15, 0.2) is 6.61 Å². The Bertz CT molecular complexity index is 932. The van der Waals surface area contributed by atoms with Crippen molar-refractivity contribution in [3.05, 3.63) is 55.8 Å². The van der Waals surface area contributed by atoms with Crippen LogP contribution < -0.4 is 21.3 Å². The van der Waals surface area contributed by atoms with Crippen LogP contribution in [0.15, 0.2) is 33.9 Å². The lowest BCUT2D eigenvalue weighted by Gasteiger charge is -2.16. The molecule has 0 atom stereocenters. The molecule has 0 unspecified atom stereocenters. The number of nitrogens with zero attached hydrogens (tertiary/aromatic N) is 2. The fourth-order valence-corrected chi connectivity index (χ4v) is 2.95. The Hall–Kier alpha value is -2.54. The van der Waals surface area contributed by atoms with E-state index in [0.29, 0.717) is 23.0 Å². The van der Waals surface area contributed by atoms with E-state index in [0.717, 1.165) is 30.3 Å². The van der Waals surface area contributed by atoms with E-state index in [9.17, 15) is 14.4 Å². The van der Waals surface area contributed by atoms with Crippen LogP contribution in [-0.4, -0.2) is 21.6 Å². The number of halogens is 1. The molecule has 7 nitrogen and oxygen atoms in total. The van der Waals surface area contributed by atoms with E-state index in [1.807, 2.05) is 0 Å². The Morgan fingerprint density at radius 1 is 1.14 bits per heavy atom. The lowest BCUT2D eigenvalue weighted by molar-refractivity contribution is -0.118. The van der Waals surface area contributed by atoms with Gasteiger partial charge in [0.1, 0.15) is 11.4 Å². The molecule has 2 aromatic rings. The Labute approximate surface area is 168 Å². The van der Waals surface area contributed by atoms with Crippen LogP contribution in [0.5, 0.6) is 5.75 Å². The van der Waals surface area contributed by atoms with Crippen LogP contribution in [-0.2, 0) is 18.4 Å². The summed E-state index contributed by atoms with van der Waals surface area (Å²) in [6.45, 7) is 4.02. The maximum atomic E-state index is 12.5. The summed E-state index contributed by atoms with van der Waals surface area (Å²) >= 11 is 5.81. The first-order valence-electron chi connectivity index (χ1n) is 9.33. The molecular formula is C20H26ClN3O4. The predicted molar refractivity (Wildman–Crippen MR) is 110 cm³/mol. The van der Waals surface area contributed by atoms with Gasteiger partial charge in [0.25, 0.3) is 11.5 Å². The van der Waals surface area contributed by atoms with E-state index in [2.05, 4.69) is 12.2 Å². The van der Waals surface area contributed by atoms with Gasteiger partial charge < -0.3 is 10.1 Å². The van der Waals surface area contributed by atoms with Crippen LogP contribution >= 0.6 is 11.6 Å². The molecule has 0 bridgehead atoms. The second-order valence-corrected chi connectivity index (χ2v) is 7.05. The zero-order chi connectivity index (χ0) is 20.7. The number of amides is 1. The number of rotatable bonds is 9. The first-order valence-corrected chi connectivity index (χ1v) is 9.71. The summed E-state index contributed by atoms with van der Waals surface area (Å²) in [5, 5.41) is 3.15. The molecule has 28 heavy (non-hydrogen) atoms. The monoisotopic (exact) mass is 407 g/mol. The molecule has 0 spiro atoms. The first kappa shape index (κ1) is 21.8. The van der Waals surface area contributed by atoms with E-state index >= 15 is 0 Å². The molecule has 8 heteroatoms. The Morgan fingerprint density at radius 3 is 2.46 bits per heavy atom. The number of anilines is 1. The molecule has 0 fully saturated rings. The molecular weight excluding hydrogens is 382 g/mol. The van der Waals surface area contributed by atoms with Crippen LogP contribution in [0, 0.1) is 6.92 Å². The summed E-state index contributed by atoms with van der Waals surface area (Å²) in [7, 11) is 1.41. The number of benzene rings is 1. The van der Waals surface area contributed by atoms with Gasteiger partial charge in [-0.1, -0.05) is 37.8 Å². The molecule has 152 valence electrons. The molecule has 0 saturated carbocycles. The quantitative estimate of drug-likeness (QED) is 0.647. The number of nitrogens with one attached hydrogen (secondary N) is 1. The maximum Gasteiger partial charge on any atom is 0.331 e. The third kappa shape index (κ3) is 5.48. The average molecular weight is 408 g/mol. The van der Waals surface area contributed by atoms with Gasteiger partial charge in [-0.3, -0.25) is 18.7 Å². The number of hydrogen-bond acceptors (Lipinski definition) is 4. The van der Waals surface area contributed by atoms with Gasteiger partial charge in [0, 0.05) is 24.3 Å². The Kier molecular flexibility index (Phi) is 7.87. The van der Waals surface area contributed by atoms with E-state index in [1.165, 1.54) is 11.6 Å². The van der Waals surface area contributed by atoms with Crippen LogP contribution in [0.1, 0.15) is 38.3 Å². The van der Waals surface area contributed by atoms with Crippen molar-refractivity contribution in [2.24, 2.45) is 7.05 Å². The Morgan fingerprint density at radius 2 is 1.82 bits per heavy atom. The summed E-state index contributed by atoms with van der Waals surface area (Å²) in [6, 6.07) is 6.61. The molecule has 0 saturated heterocycles. The van der Waals surface area contributed by atoms with Crippen molar-refractivity contribution in [2.75, 3.05) is 11.9 Å². The third-order valence-electron chi connectivity index (χ3n) is 4.49. The molecule has 0 radical (unpaired) electrons. The summed E-state index contributed by atoms with van der Waals surface area (Å²) in [6.07, 6.45) is 4.02. The van der Waals surface area contributed by atoms with Gasteiger partial charge in [-0.15, -0.1) is 0 Å². The lowest BCUT2D eigenvalue weighted by Crippen LogP contribution is -2.41. The molecule has 0 aliphatic rings. The molecule has 1 amide bonds. The number of aromatic nitrogens is 2. The first-order chi connectivity index (χ1) is 13.3. The average Bonchev–Trinajstić information content (AvgIpc) is 2.68. The van der Waals surface area contributed by atoms with Crippen molar-refractivity contribution in [1.29, 1.82) is 0 Å². The van der Waals surface area contributed by atoms with Gasteiger partial charge in [0.05, 0.1) is 0 Å². The van der Waals surface area contributed by atoms with Gasteiger partial charge >= 0.3 is 5.69 Å². The van der Waals surface area contributed by atoms with Crippen LogP contribution in [0.25, 0.3) is 0 Å². The number of carbonyl (C=O) groups is 1. The van der Waals surface area contributed by atoms with Crippen molar-refractivity contribution in [1.82, 2.24) is 9.13 Å².